The van der Waals surface area contributed by atoms with Crippen LogP contribution in [0.15, 0.2) is 103 Å². The molecule has 0 aliphatic heterocycles. The van der Waals surface area contributed by atoms with Crippen molar-refractivity contribution < 1.29 is 0 Å². The summed E-state index contributed by atoms with van der Waals surface area (Å²) in [5, 5.41) is 9.54. The zero-order chi connectivity index (χ0) is 26.2. The lowest BCUT2D eigenvalue weighted by Crippen LogP contribution is -2.22. The van der Waals surface area contributed by atoms with E-state index in [4.69, 9.17) is 10.2 Å². The minimum atomic E-state index is -0.185. The Labute approximate surface area is 220 Å². The van der Waals surface area contributed by atoms with Gasteiger partial charge in [-0.1, -0.05) is 126 Å². The van der Waals surface area contributed by atoms with Crippen LogP contribution in [-0.4, -0.2) is 14.8 Å². The van der Waals surface area contributed by atoms with Gasteiger partial charge in [-0.25, -0.2) is 0 Å². The van der Waals surface area contributed by atoms with Gasteiger partial charge in [0.05, 0.1) is 5.69 Å². The summed E-state index contributed by atoms with van der Waals surface area (Å²) >= 11 is 0. The Bertz CT molecular complexity index is 1520. The Balaban J connectivity index is 1.74. The lowest BCUT2D eigenvalue weighted by Gasteiger charge is -2.28. The van der Waals surface area contributed by atoms with Gasteiger partial charge in [-0.3, -0.25) is 4.57 Å². The van der Waals surface area contributed by atoms with Crippen LogP contribution >= 0.6 is 0 Å². The van der Waals surface area contributed by atoms with E-state index < -0.39 is 0 Å². The van der Waals surface area contributed by atoms with Gasteiger partial charge >= 0.3 is 0 Å². The van der Waals surface area contributed by atoms with Crippen molar-refractivity contribution in [2.24, 2.45) is 0 Å². The topological polar surface area (TPSA) is 30.7 Å². The largest absolute Gasteiger partial charge is 0.278 e. The van der Waals surface area contributed by atoms with Crippen LogP contribution in [0, 0.1) is 0 Å². The van der Waals surface area contributed by atoms with Crippen LogP contribution in [0.1, 0.15) is 52.9 Å². The van der Waals surface area contributed by atoms with Gasteiger partial charge in [0.15, 0.2) is 5.82 Å². The molecule has 37 heavy (non-hydrogen) atoms. The first-order valence-corrected chi connectivity index (χ1v) is 12.9. The highest BCUT2D eigenvalue weighted by Gasteiger charge is 2.29. The van der Waals surface area contributed by atoms with Gasteiger partial charge in [-0.2, -0.15) is 0 Å². The summed E-state index contributed by atoms with van der Waals surface area (Å²) in [6.07, 6.45) is 0. The minimum Gasteiger partial charge on any atom is -0.278 e. The van der Waals surface area contributed by atoms with Crippen molar-refractivity contribution in [1.82, 2.24) is 14.8 Å². The van der Waals surface area contributed by atoms with Crippen LogP contribution in [0.25, 0.3) is 39.3 Å². The highest BCUT2D eigenvalue weighted by molar-refractivity contribution is 5.73. The van der Waals surface area contributed by atoms with Crippen LogP contribution in [-0.2, 0) is 10.8 Å². The zero-order valence-corrected chi connectivity index (χ0v) is 22.7. The van der Waals surface area contributed by atoms with Crippen molar-refractivity contribution >= 4 is 0 Å². The molecule has 1 heterocycles. The third kappa shape index (κ3) is 4.99. The predicted octanol–water partition coefficient (Wildman–Crippen LogP) is 8.86. The lowest BCUT2D eigenvalue weighted by atomic mass is 9.83. The fourth-order valence-corrected chi connectivity index (χ4v) is 4.80. The Kier molecular flexibility index (Phi) is 6.33. The third-order valence-corrected chi connectivity index (χ3v) is 6.71. The molecule has 0 aliphatic carbocycles. The maximum Gasteiger partial charge on any atom is 0.168 e. The number of nitrogens with zero attached hydrogens (tertiary/aromatic N) is 3. The van der Waals surface area contributed by atoms with E-state index in [0.29, 0.717) is 0 Å². The van der Waals surface area contributed by atoms with Crippen molar-refractivity contribution in [2.45, 2.75) is 52.4 Å². The maximum atomic E-state index is 4.78. The summed E-state index contributed by atoms with van der Waals surface area (Å²) in [5.74, 6) is 1.81. The van der Waals surface area contributed by atoms with Gasteiger partial charge in [-0.05, 0) is 51.4 Å². The first-order valence-electron chi connectivity index (χ1n) is 12.9. The quantitative estimate of drug-likeness (QED) is 0.254. The summed E-state index contributed by atoms with van der Waals surface area (Å²) in [6.45, 7) is 13.4. The molecule has 0 saturated heterocycles. The van der Waals surface area contributed by atoms with E-state index in [1.54, 1.807) is 0 Å². The fraction of sp³-hybridized carbons (Fsp3) is 0.235. The molecular weight excluding hydrogens is 450 g/mol. The van der Waals surface area contributed by atoms with E-state index in [1.165, 1.54) is 27.8 Å². The zero-order valence-electron chi connectivity index (χ0n) is 22.7. The number of rotatable bonds is 4. The summed E-state index contributed by atoms with van der Waals surface area (Å²) < 4.78 is 2.28. The highest BCUT2D eigenvalue weighted by atomic mass is 15.3. The Morgan fingerprint density at radius 3 is 1.59 bits per heavy atom. The summed E-state index contributed by atoms with van der Waals surface area (Å²) in [5.41, 5.74) is 7.97. The Morgan fingerprint density at radius 1 is 0.486 bits per heavy atom. The van der Waals surface area contributed by atoms with Crippen LogP contribution in [0.3, 0.4) is 0 Å². The fourth-order valence-electron chi connectivity index (χ4n) is 4.80. The third-order valence-electron chi connectivity index (χ3n) is 6.71. The molecule has 0 radical (unpaired) electrons. The molecular formula is C34H35N3. The van der Waals surface area contributed by atoms with Crippen LogP contribution in [0.4, 0.5) is 0 Å². The van der Waals surface area contributed by atoms with Crippen molar-refractivity contribution in [3.05, 3.63) is 115 Å². The number of benzene rings is 4. The SMILES string of the molecule is CC(C)(C)c1cc(-c2ccccc2)ccc1-n1c(-c2cccc(-c3ccccc3)c2)nnc1C(C)(C)C. The molecule has 4 aromatic carbocycles. The first-order chi connectivity index (χ1) is 17.6. The molecule has 0 atom stereocenters. The molecule has 3 nitrogen and oxygen atoms in total. The molecule has 0 fully saturated rings. The van der Waals surface area contributed by atoms with Crippen molar-refractivity contribution in [3.63, 3.8) is 0 Å². The van der Waals surface area contributed by atoms with Gasteiger partial charge in [0.25, 0.3) is 0 Å². The van der Waals surface area contributed by atoms with Gasteiger partial charge in [0, 0.05) is 11.0 Å². The van der Waals surface area contributed by atoms with Gasteiger partial charge in [0.1, 0.15) is 5.82 Å². The van der Waals surface area contributed by atoms with E-state index in [2.05, 4.69) is 143 Å². The van der Waals surface area contributed by atoms with Crippen LogP contribution in [0.2, 0.25) is 0 Å². The molecule has 3 heteroatoms. The van der Waals surface area contributed by atoms with E-state index in [-0.39, 0.29) is 10.8 Å². The second-order valence-electron chi connectivity index (χ2n) is 11.7. The van der Waals surface area contributed by atoms with E-state index >= 15 is 0 Å². The number of hydrogen-bond acceptors (Lipinski definition) is 2. The van der Waals surface area contributed by atoms with Gasteiger partial charge < -0.3 is 0 Å². The lowest BCUT2D eigenvalue weighted by molar-refractivity contribution is 0.528. The molecule has 0 unspecified atom stereocenters. The molecule has 0 aliphatic rings. The summed E-state index contributed by atoms with van der Waals surface area (Å²) in [4.78, 5) is 0. The Morgan fingerprint density at radius 2 is 1.03 bits per heavy atom. The monoisotopic (exact) mass is 485 g/mol. The first kappa shape index (κ1) is 24.7. The van der Waals surface area contributed by atoms with Crippen LogP contribution < -0.4 is 0 Å². The van der Waals surface area contributed by atoms with Gasteiger partial charge in [-0.15, -0.1) is 10.2 Å². The molecule has 5 aromatic rings. The number of aromatic nitrogens is 3. The van der Waals surface area contributed by atoms with E-state index in [0.717, 1.165) is 22.9 Å². The molecule has 186 valence electrons. The van der Waals surface area contributed by atoms with Gasteiger partial charge in [0.2, 0.25) is 0 Å². The van der Waals surface area contributed by atoms with E-state index in [1.807, 2.05) is 6.07 Å². The molecule has 0 bridgehead atoms. The van der Waals surface area contributed by atoms with Crippen LogP contribution in [0.5, 0.6) is 0 Å². The maximum absolute atomic E-state index is 4.78. The number of hydrogen-bond donors (Lipinski definition) is 0. The molecule has 0 N–H and O–H groups in total. The normalized spacial score (nSPS) is 12.1. The van der Waals surface area contributed by atoms with Crippen molar-refractivity contribution in [3.8, 4) is 39.3 Å². The second-order valence-corrected chi connectivity index (χ2v) is 11.7. The molecule has 0 spiro atoms. The molecule has 5 rings (SSSR count). The minimum absolute atomic E-state index is 0.0807. The highest BCUT2D eigenvalue weighted by Crippen LogP contribution is 2.38. The molecule has 1 aromatic heterocycles. The van der Waals surface area contributed by atoms with Crippen molar-refractivity contribution in [2.75, 3.05) is 0 Å². The smallest absolute Gasteiger partial charge is 0.168 e. The van der Waals surface area contributed by atoms with Crippen molar-refractivity contribution in [1.29, 1.82) is 0 Å². The summed E-state index contributed by atoms with van der Waals surface area (Å²) in [6, 6.07) is 36.5. The predicted molar refractivity (Wildman–Crippen MR) is 155 cm³/mol. The molecule has 0 saturated carbocycles. The molecule has 0 amide bonds. The standard InChI is InChI=1S/C34H35N3/c1-33(2,3)29-23-27(25-16-11-8-12-17-25)20-21-30(29)37-31(35-36-32(37)34(4,5)6)28-19-13-18-26(22-28)24-14-9-7-10-15-24/h7-23H,1-6H3. The summed E-state index contributed by atoms with van der Waals surface area (Å²) in [7, 11) is 0. The second kappa shape index (κ2) is 9.48. The van der Waals surface area contributed by atoms with E-state index in [9.17, 15) is 0 Å². The Hall–Kier alpha value is -3.98. The average Bonchev–Trinajstić information content (AvgIpc) is 3.35. The average molecular weight is 486 g/mol.